The van der Waals surface area contributed by atoms with Gasteiger partial charge in [0.25, 0.3) is 12.3 Å². The fourth-order valence-electron chi connectivity index (χ4n) is 5.26. The van der Waals surface area contributed by atoms with E-state index in [-0.39, 0.29) is 43.4 Å². The Morgan fingerprint density at radius 3 is 2.60 bits per heavy atom. The smallest absolute Gasteiger partial charge is 0.258 e. The molecule has 194 valence electrons. The molecule has 35 heavy (non-hydrogen) atoms. The second kappa shape index (κ2) is 10.2. The quantitative estimate of drug-likeness (QED) is 0.295. The molecule has 2 bridgehead atoms. The standard InChI is InChI=1S/C23H29ClF4N4O3/c24-15-2-1-14(7-16(15)25)35-10-19(34)32-21-3-5-23(6-4-21,18(26)8-21)31-12-22(13-33)11-29-17(9-30-22)20(27)28/h1-2,7,13,17-18,20,29-31H,3-6,8-12H2,(H,32,34). The predicted molar refractivity (Wildman–Crippen MR) is 121 cm³/mol. The lowest BCUT2D eigenvalue weighted by atomic mass is 9.60. The number of alkyl halides is 3. The SMILES string of the molecule is O=CC1(CNC23CCC(NC(=O)COc4ccc(Cl)c(F)c4)(CC2)CC3F)CNC(C(F)F)CN1. The van der Waals surface area contributed by atoms with E-state index in [4.69, 9.17) is 16.3 Å². The van der Waals surface area contributed by atoms with Crippen LogP contribution in [0, 0.1) is 5.82 Å². The summed E-state index contributed by atoms with van der Waals surface area (Å²) in [6.07, 6.45) is -1.07. The summed E-state index contributed by atoms with van der Waals surface area (Å²) in [5, 5.41) is 11.7. The Bertz CT molecular complexity index is 937. The van der Waals surface area contributed by atoms with E-state index in [0.717, 1.165) is 6.07 Å². The van der Waals surface area contributed by atoms with Gasteiger partial charge in [0, 0.05) is 43.2 Å². The van der Waals surface area contributed by atoms with Crippen molar-refractivity contribution in [2.24, 2.45) is 0 Å². The van der Waals surface area contributed by atoms with Gasteiger partial charge >= 0.3 is 0 Å². The number of fused-ring (bicyclic) bond motifs is 3. The van der Waals surface area contributed by atoms with E-state index < -0.39 is 47.0 Å². The monoisotopic (exact) mass is 520 g/mol. The van der Waals surface area contributed by atoms with Crippen molar-refractivity contribution in [3.63, 3.8) is 0 Å². The molecule has 1 aromatic carbocycles. The third-order valence-electron chi connectivity index (χ3n) is 7.57. The van der Waals surface area contributed by atoms with Crippen LogP contribution >= 0.6 is 11.6 Å². The number of carbonyl (C=O) groups excluding carboxylic acids is 2. The maximum Gasteiger partial charge on any atom is 0.258 e. The molecule has 7 nitrogen and oxygen atoms in total. The zero-order valence-corrected chi connectivity index (χ0v) is 19.8. The minimum atomic E-state index is -2.55. The van der Waals surface area contributed by atoms with Crippen molar-refractivity contribution >= 4 is 23.8 Å². The van der Waals surface area contributed by atoms with Crippen molar-refractivity contribution in [1.82, 2.24) is 21.3 Å². The van der Waals surface area contributed by atoms with Crippen LogP contribution < -0.4 is 26.0 Å². The highest BCUT2D eigenvalue weighted by Gasteiger charge is 2.56. The molecule has 1 aromatic rings. The number of nitrogens with one attached hydrogen (secondary N) is 4. The summed E-state index contributed by atoms with van der Waals surface area (Å²) < 4.78 is 60.1. The Kier molecular flexibility index (Phi) is 7.61. The van der Waals surface area contributed by atoms with E-state index >= 15 is 4.39 Å². The largest absolute Gasteiger partial charge is 0.484 e. The molecular formula is C23H29ClF4N4O3. The number of hydrogen-bond donors (Lipinski definition) is 4. The Labute approximate surface area is 205 Å². The van der Waals surface area contributed by atoms with Gasteiger partial charge in [-0.05, 0) is 37.8 Å². The van der Waals surface area contributed by atoms with E-state index in [1.807, 2.05) is 0 Å². The van der Waals surface area contributed by atoms with Crippen molar-refractivity contribution in [1.29, 1.82) is 0 Å². The Balaban J connectivity index is 1.29. The second-order valence-corrected chi connectivity index (χ2v) is 10.3. The normalized spacial score (nSPS) is 34.6. The molecule has 0 spiro atoms. The van der Waals surface area contributed by atoms with Crippen LogP contribution in [0.1, 0.15) is 32.1 Å². The molecule has 1 heterocycles. The van der Waals surface area contributed by atoms with Gasteiger partial charge in [0.2, 0.25) is 0 Å². The van der Waals surface area contributed by atoms with Crippen LogP contribution in [0.15, 0.2) is 18.2 Å². The van der Waals surface area contributed by atoms with Crippen LogP contribution in [0.25, 0.3) is 0 Å². The third kappa shape index (κ3) is 5.58. The van der Waals surface area contributed by atoms with E-state index in [2.05, 4.69) is 21.3 Å². The molecule has 5 rings (SSSR count). The number of aldehydes is 1. The molecule has 1 aliphatic heterocycles. The average Bonchev–Trinajstić information content (AvgIpc) is 2.84. The molecule has 1 saturated heterocycles. The van der Waals surface area contributed by atoms with Crippen molar-refractivity contribution in [2.75, 3.05) is 26.2 Å². The number of piperazine rings is 1. The Morgan fingerprint density at radius 1 is 1.29 bits per heavy atom. The molecule has 4 aliphatic rings. The molecule has 1 amide bonds. The number of rotatable bonds is 9. The van der Waals surface area contributed by atoms with Gasteiger partial charge in [-0.15, -0.1) is 0 Å². The van der Waals surface area contributed by atoms with Crippen LogP contribution in [0.2, 0.25) is 5.02 Å². The molecule has 0 radical (unpaired) electrons. The van der Waals surface area contributed by atoms with Crippen LogP contribution in [-0.2, 0) is 9.59 Å². The maximum atomic E-state index is 15.4. The fourth-order valence-corrected chi connectivity index (χ4v) is 5.38. The van der Waals surface area contributed by atoms with E-state index in [1.54, 1.807) is 0 Å². The van der Waals surface area contributed by atoms with Gasteiger partial charge in [-0.1, -0.05) is 11.6 Å². The van der Waals surface area contributed by atoms with Crippen LogP contribution in [-0.4, -0.2) is 73.7 Å². The summed E-state index contributed by atoms with van der Waals surface area (Å²) in [5.74, 6) is -0.926. The number of amides is 1. The molecule has 3 saturated carbocycles. The van der Waals surface area contributed by atoms with Crippen molar-refractivity contribution in [3.05, 3.63) is 29.0 Å². The first-order valence-electron chi connectivity index (χ1n) is 11.6. The molecule has 3 unspecified atom stereocenters. The molecular weight excluding hydrogens is 492 g/mol. The number of hydrogen-bond acceptors (Lipinski definition) is 6. The zero-order valence-electron chi connectivity index (χ0n) is 19.0. The average molecular weight is 521 g/mol. The van der Waals surface area contributed by atoms with E-state index in [9.17, 15) is 22.8 Å². The first-order chi connectivity index (χ1) is 16.6. The molecule has 3 atom stereocenters. The van der Waals surface area contributed by atoms with Crippen LogP contribution in [0.5, 0.6) is 5.75 Å². The Morgan fingerprint density at radius 2 is 2.03 bits per heavy atom. The summed E-state index contributed by atoms with van der Waals surface area (Å²) >= 11 is 5.64. The highest BCUT2D eigenvalue weighted by atomic mass is 35.5. The van der Waals surface area contributed by atoms with Gasteiger partial charge in [0.05, 0.1) is 16.6 Å². The van der Waals surface area contributed by atoms with Gasteiger partial charge in [-0.25, -0.2) is 17.6 Å². The minimum Gasteiger partial charge on any atom is -0.484 e. The zero-order chi connectivity index (χ0) is 25.3. The van der Waals surface area contributed by atoms with Crippen LogP contribution in [0.3, 0.4) is 0 Å². The summed E-state index contributed by atoms with van der Waals surface area (Å²) in [7, 11) is 0. The number of halogens is 5. The molecule has 4 fully saturated rings. The lowest BCUT2D eigenvalue weighted by Gasteiger charge is -2.56. The van der Waals surface area contributed by atoms with Gasteiger partial charge in [-0.3, -0.25) is 4.79 Å². The second-order valence-electron chi connectivity index (χ2n) is 9.85. The summed E-state index contributed by atoms with van der Waals surface area (Å²) in [6, 6.07) is 2.83. The number of ether oxygens (including phenoxy) is 1. The summed E-state index contributed by atoms with van der Waals surface area (Å²) in [6.45, 7) is -0.291. The number of benzene rings is 1. The van der Waals surface area contributed by atoms with Gasteiger partial charge in [-0.2, -0.15) is 0 Å². The van der Waals surface area contributed by atoms with Gasteiger partial charge < -0.3 is 30.8 Å². The number of carbonyl (C=O) groups is 2. The third-order valence-corrected chi connectivity index (χ3v) is 7.88. The molecule has 3 aliphatic carbocycles. The predicted octanol–water partition coefficient (Wildman–Crippen LogP) is 2.12. The topological polar surface area (TPSA) is 91.5 Å². The molecule has 4 N–H and O–H groups in total. The summed E-state index contributed by atoms with van der Waals surface area (Å²) in [5.41, 5.74) is -2.65. The highest BCUT2D eigenvalue weighted by molar-refractivity contribution is 6.30. The van der Waals surface area contributed by atoms with Crippen molar-refractivity contribution < 1.29 is 31.9 Å². The lowest BCUT2D eigenvalue weighted by Crippen LogP contribution is -2.73. The van der Waals surface area contributed by atoms with E-state index in [1.165, 1.54) is 12.1 Å². The van der Waals surface area contributed by atoms with Gasteiger partial charge in [0.1, 0.15) is 24.0 Å². The molecule has 0 aromatic heterocycles. The Hall–Kier alpha value is -1.95. The van der Waals surface area contributed by atoms with Crippen molar-refractivity contribution in [3.8, 4) is 5.75 Å². The van der Waals surface area contributed by atoms with Gasteiger partial charge in [0.15, 0.2) is 6.61 Å². The van der Waals surface area contributed by atoms with Crippen LogP contribution in [0.4, 0.5) is 17.6 Å². The van der Waals surface area contributed by atoms with Crippen molar-refractivity contribution in [2.45, 2.75) is 67.4 Å². The maximum absolute atomic E-state index is 15.4. The first-order valence-corrected chi connectivity index (χ1v) is 12.0. The molecule has 12 heteroatoms. The lowest BCUT2D eigenvalue weighted by molar-refractivity contribution is -0.128. The highest BCUT2D eigenvalue weighted by Crippen LogP contribution is 2.48. The van der Waals surface area contributed by atoms with E-state index in [0.29, 0.717) is 32.0 Å². The summed E-state index contributed by atoms with van der Waals surface area (Å²) in [4.78, 5) is 24.3. The minimum absolute atomic E-state index is 0.0169. The first kappa shape index (κ1) is 26.1. The fraction of sp³-hybridized carbons (Fsp3) is 0.652.